The fourth-order valence-electron chi connectivity index (χ4n) is 2.12. The van der Waals surface area contributed by atoms with Gasteiger partial charge in [0.05, 0.1) is 0 Å². The van der Waals surface area contributed by atoms with E-state index in [2.05, 4.69) is 41.9 Å². The average molecular weight is 304 g/mol. The molecule has 0 N–H and O–H groups in total. The monoisotopic (exact) mass is 302 g/mol. The molecule has 16 heavy (non-hydrogen) atoms. The van der Waals surface area contributed by atoms with E-state index in [-0.39, 0.29) is 0 Å². The van der Waals surface area contributed by atoms with E-state index in [0.29, 0.717) is 5.92 Å². The Morgan fingerprint density at radius 3 is 2.38 bits per heavy atom. The van der Waals surface area contributed by atoms with Gasteiger partial charge in [-0.25, -0.2) is 0 Å². The van der Waals surface area contributed by atoms with Gasteiger partial charge in [-0.05, 0) is 36.0 Å². The number of hydrogen-bond acceptors (Lipinski definition) is 0. The fraction of sp³-hybridized carbons (Fsp3) is 0.571. The molecule has 2 unspecified atom stereocenters. The smallest absolute Gasteiger partial charge is 0.0406 e. The summed E-state index contributed by atoms with van der Waals surface area (Å²) in [6.45, 7) is 4.59. The predicted molar refractivity (Wildman–Crippen MR) is 76.7 cm³/mol. The molecule has 1 rings (SSSR count). The second-order valence-electron chi connectivity index (χ2n) is 4.53. The van der Waals surface area contributed by atoms with Crippen LogP contribution in [0.25, 0.3) is 0 Å². The van der Waals surface area contributed by atoms with Crippen LogP contribution in [0.4, 0.5) is 0 Å². The van der Waals surface area contributed by atoms with Crippen molar-refractivity contribution in [2.24, 2.45) is 5.92 Å². The minimum Gasteiger partial charge on any atom is -0.0921 e. The lowest BCUT2D eigenvalue weighted by Crippen LogP contribution is -2.06. The van der Waals surface area contributed by atoms with Gasteiger partial charge in [0.2, 0.25) is 0 Å². The maximum absolute atomic E-state index is 5.90. The molecule has 2 atom stereocenters. The van der Waals surface area contributed by atoms with Gasteiger partial charge in [-0.2, -0.15) is 0 Å². The molecule has 0 fully saturated rings. The highest BCUT2D eigenvalue weighted by Gasteiger charge is 2.13. The Hall–Kier alpha value is -0.0100. The van der Waals surface area contributed by atoms with Crippen molar-refractivity contribution in [2.45, 2.75) is 39.0 Å². The van der Waals surface area contributed by atoms with Crippen LogP contribution in [0.5, 0.6) is 0 Å². The van der Waals surface area contributed by atoms with Crippen LogP contribution < -0.4 is 0 Å². The summed E-state index contributed by atoms with van der Waals surface area (Å²) in [5, 5.41) is 1.85. The van der Waals surface area contributed by atoms with Crippen molar-refractivity contribution >= 4 is 27.5 Å². The molecule has 0 nitrogen and oxygen atoms in total. The van der Waals surface area contributed by atoms with Crippen molar-refractivity contribution in [3.63, 3.8) is 0 Å². The Morgan fingerprint density at radius 1 is 1.25 bits per heavy atom. The van der Waals surface area contributed by atoms with Crippen LogP contribution >= 0.6 is 27.5 Å². The highest BCUT2D eigenvalue weighted by molar-refractivity contribution is 9.09. The van der Waals surface area contributed by atoms with Gasteiger partial charge >= 0.3 is 0 Å². The van der Waals surface area contributed by atoms with E-state index in [1.54, 1.807) is 0 Å². The van der Waals surface area contributed by atoms with Gasteiger partial charge in [-0.15, -0.1) is 0 Å². The van der Waals surface area contributed by atoms with Gasteiger partial charge in [0.25, 0.3) is 0 Å². The van der Waals surface area contributed by atoms with Gasteiger partial charge in [-0.1, -0.05) is 66.4 Å². The molecule has 1 aromatic carbocycles. The Balaban J connectivity index is 2.63. The highest BCUT2D eigenvalue weighted by atomic mass is 79.9. The molecule has 0 saturated heterocycles. The summed E-state index contributed by atoms with van der Waals surface area (Å²) in [5.41, 5.74) is 1.39. The number of benzene rings is 1. The maximum Gasteiger partial charge on any atom is 0.0406 e. The van der Waals surface area contributed by atoms with Gasteiger partial charge in [0.15, 0.2) is 0 Å². The van der Waals surface area contributed by atoms with E-state index in [1.165, 1.54) is 24.8 Å². The molecule has 0 aliphatic heterocycles. The zero-order valence-electron chi connectivity index (χ0n) is 10.0. The number of rotatable bonds is 6. The minimum atomic E-state index is 0.610. The molecule has 0 aromatic heterocycles. The Labute approximate surface area is 113 Å². The van der Waals surface area contributed by atoms with E-state index in [1.807, 2.05) is 12.1 Å². The summed E-state index contributed by atoms with van der Waals surface area (Å²) in [6, 6.07) is 8.26. The molecule has 0 saturated carbocycles. The van der Waals surface area contributed by atoms with E-state index in [4.69, 9.17) is 11.6 Å². The standard InChI is InChI=1S/C14H20BrCl/c1-3-4-11(2)9-13(10-15)12-5-7-14(16)8-6-12/h5-8,11,13H,3-4,9-10H2,1-2H3. The molecule has 0 amide bonds. The maximum atomic E-state index is 5.90. The van der Waals surface area contributed by atoms with Crippen LogP contribution in [0.3, 0.4) is 0 Å². The molecule has 1 aromatic rings. The van der Waals surface area contributed by atoms with Crippen molar-refractivity contribution < 1.29 is 0 Å². The first-order valence-electron chi connectivity index (χ1n) is 5.98. The van der Waals surface area contributed by atoms with Gasteiger partial charge in [0.1, 0.15) is 0 Å². The van der Waals surface area contributed by atoms with Crippen LogP contribution in [0.15, 0.2) is 24.3 Å². The van der Waals surface area contributed by atoms with Crippen LogP contribution in [-0.2, 0) is 0 Å². The Bertz CT molecular complexity index is 294. The SMILES string of the molecule is CCCC(C)CC(CBr)c1ccc(Cl)cc1. The quantitative estimate of drug-likeness (QED) is 0.596. The van der Waals surface area contributed by atoms with Crippen molar-refractivity contribution in [1.29, 1.82) is 0 Å². The van der Waals surface area contributed by atoms with Crippen LogP contribution in [0.1, 0.15) is 44.6 Å². The third-order valence-corrected chi connectivity index (χ3v) is 4.03. The first-order valence-corrected chi connectivity index (χ1v) is 7.48. The molecule has 0 spiro atoms. The average Bonchev–Trinajstić information content (AvgIpc) is 2.27. The molecule has 0 heterocycles. The Kier molecular flexibility index (Phi) is 6.45. The molecular formula is C14H20BrCl. The lowest BCUT2D eigenvalue weighted by molar-refractivity contribution is 0.452. The lowest BCUT2D eigenvalue weighted by Gasteiger charge is -2.19. The molecule has 0 aliphatic rings. The summed E-state index contributed by atoms with van der Waals surface area (Å²) >= 11 is 9.52. The molecular weight excluding hydrogens is 284 g/mol. The largest absolute Gasteiger partial charge is 0.0921 e. The van der Waals surface area contributed by atoms with E-state index >= 15 is 0 Å². The van der Waals surface area contributed by atoms with Crippen molar-refractivity contribution in [2.75, 3.05) is 5.33 Å². The van der Waals surface area contributed by atoms with Gasteiger partial charge < -0.3 is 0 Å². The number of halogens is 2. The number of hydrogen-bond donors (Lipinski definition) is 0. The highest BCUT2D eigenvalue weighted by Crippen LogP contribution is 2.28. The topological polar surface area (TPSA) is 0 Å². The second kappa shape index (κ2) is 7.34. The van der Waals surface area contributed by atoms with Gasteiger partial charge in [-0.3, -0.25) is 0 Å². The lowest BCUT2D eigenvalue weighted by atomic mass is 9.89. The summed E-state index contributed by atoms with van der Waals surface area (Å²) in [5.74, 6) is 1.40. The van der Waals surface area contributed by atoms with E-state index in [0.717, 1.165) is 16.3 Å². The molecule has 0 radical (unpaired) electrons. The van der Waals surface area contributed by atoms with Gasteiger partial charge in [0, 0.05) is 10.4 Å². The molecule has 0 aliphatic carbocycles. The summed E-state index contributed by atoms with van der Waals surface area (Å²) in [4.78, 5) is 0. The number of alkyl halides is 1. The first kappa shape index (κ1) is 14.1. The summed E-state index contributed by atoms with van der Waals surface area (Å²) < 4.78 is 0. The van der Waals surface area contributed by atoms with E-state index < -0.39 is 0 Å². The molecule has 2 heteroatoms. The summed E-state index contributed by atoms with van der Waals surface area (Å²) in [7, 11) is 0. The predicted octanol–water partition coefficient (Wildman–Crippen LogP) is 5.64. The Morgan fingerprint density at radius 2 is 1.88 bits per heavy atom. The van der Waals surface area contributed by atoms with Crippen molar-refractivity contribution in [3.8, 4) is 0 Å². The third kappa shape index (κ3) is 4.47. The first-order chi connectivity index (χ1) is 7.67. The van der Waals surface area contributed by atoms with Crippen LogP contribution in [-0.4, -0.2) is 5.33 Å². The fourth-order valence-corrected chi connectivity index (χ4v) is 2.88. The third-order valence-electron chi connectivity index (χ3n) is 3.00. The van der Waals surface area contributed by atoms with E-state index in [9.17, 15) is 0 Å². The zero-order valence-corrected chi connectivity index (χ0v) is 12.4. The van der Waals surface area contributed by atoms with Crippen molar-refractivity contribution in [1.82, 2.24) is 0 Å². The van der Waals surface area contributed by atoms with Crippen molar-refractivity contribution in [3.05, 3.63) is 34.9 Å². The summed E-state index contributed by atoms with van der Waals surface area (Å²) in [6.07, 6.45) is 3.84. The zero-order chi connectivity index (χ0) is 12.0. The molecule has 90 valence electrons. The second-order valence-corrected chi connectivity index (χ2v) is 5.62. The molecule has 0 bridgehead atoms. The van der Waals surface area contributed by atoms with Crippen LogP contribution in [0, 0.1) is 5.92 Å². The minimum absolute atomic E-state index is 0.610. The van der Waals surface area contributed by atoms with Crippen LogP contribution in [0.2, 0.25) is 5.02 Å². The normalized spacial score (nSPS) is 14.8.